The van der Waals surface area contributed by atoms with Crippen LogP contribution in [0.2, 0.25) is 0 Å². The van der Waals surface area contributed by atoms with Gasteiger partial charge >= 0.3 is 0 Å². The monoisotopic (exact) mass is 220 g/mol. The van der Waals surface area contributed by atoms with Crippen molar-refractivity contribution in [3.63, 3.8) is 0 Å². The number of halogens is 2. The van der Waals surface area contributed by atoms with Gasteiger partial charge in [-0.2, -0.15) is 0 Å². The van der Waals surface area contributed by atoms with Crippen LogP contribution in [0, 0.1) is 0 Å². The molecule has 0 saturated carbocycles. The van der Waals surface area contributed by atoms with E-state index in [1.54, 1.807) is 0 Å². The van der Waals surface area contributed by atoms with Crippen molar-refractivity contribution < 1.29 is 13.5 Å². The minimum atomic E-state index is -2.44. The SMILES string of the molecule is FC1(F)CCN(CC2COCCN2)CC1. The van der Waals surface area contributed by atoms with Crippen molar-refractivity contribution in [1.82, 2.24) is 10.2 Å². The van der Waals surface area contributed by atoms with E-state index in [4.69, 9.17) is 4.74 Å². The standard InChI is InChI=1S/C10H18F2N2O/c11-10(12)1-4-14(5-2-10)7-9-8-15-6-3-13-9/h9,13H,1-8H2. The van der Waals surface area contributed by atoms with E-state index >= 15 is 0 Å². The average Bonchev–Trinajstić information content (AvgIpc) is 2.23. The summed E-state index contributed by atoms with van der Waals surface area (Å²) in [4.78, 5) is 2.10. The van der Waals surface area contributed by atoms with Crippen LogP contribution in [0.4, 0.5) is 8.78 Å². The molecule has 2 aliphatic heterocycles. The lowest BCUT2D eigenvalue weighted by molar-refractivity contribution is -0.0589. The lowest BCUT2D eigenvalue weighted by Gasteiger charge is -2.35. The quantitative estimate of drug-likeness (QED) is 0.741. The van der Waals surface area contributed by atoms with Crippen molar-refractivity contribution in [2.45, 2.75) is 24.8 Å². The van der Waals surface area contributed by atoms with Crippen LogP contribution < -0.4 is 5.32 Å². The molecule has 2 fully saturated rings. The molecule has 1 atom stereocenters. The molecule has 0 bridgehead atoms. The molecule has 88 valence electrons. The Bertz CT molecular complexity index is 198. The second-order valence-electron chi connectivity index (χ2n) is 4.38. The highest BCUT2D eigenvalue weighted by molar-refractivity contribution is 4.81. The van der Waals surface area contributed by atoms with Crippen LogP contribution in [0.25, 0.3) is 0 Å². The van der Waals surface area contributed by atoms with Crippen molar-refractivity contribution in [3.8, 4) is 0 Å². The molecular formula is C10H18F2N2O. The lowest BCUT2D eigenvalue weighted by Crippen LogP contribution is -2.51. The largest absolute Gasteiger partial charge is 0.378 e. The highest BCUT2D eigenvalue weighted by atomic mass is 19.3. The van der Waals surface area contributed by atoms with Gasteiger partial charge in [-0.3, -0.25) is 0 Å². The van der Waals surface area contributed by atoms with E-state index in [1.165, 1.54) is 0 Å². The highest BCUT2D eigenvalue weighted by Gasteiger charge is 2.34. The van der Waals surface area contributed by atoms with Crippen molar-refractivity contribution in [1.29, 1.82) is 0 Å². The number of nitrogens with one attached hydrogen (secondary N) is 1. The summed E-state index contributed by atoms with van der Waals surface area (Å²) in [6.07, 6.45) is 0.00115. The maximum absolute atomic E-state index is 12.9. The van der Waals surface area contributed by atoms with Crippen LogP contribution in [0.1, 0.15) is 12.8 Å². The number of likely N-dealkylation sites (tertiary alicyclic amines) is 1. The molecule has 0 aromatic rings. The number of ether oxygens (including phenoxy) is 1. The molecule has 0 aromatic heterocycles. The molecule has 2 saturated heterocycles. The fourth-order valence-electron chi connectivity index (χ4n) is 2.11. The predicted octanol–water partition coefficient (Wildman–Crippen LogP) is 0.706. The Kier molecular flexibility index (Phi) is 3.53. The van der Waals surface area contributed by atoms with E-state index < -0.39 is 5.92 Å². The molecule has 0 aromatic carbocycles. The van der Waals surface area contributed by atoms with Gasteiger partial charge in [0, 0.05) is 45.1 Å². The molecule has 5 heteroatoms. The third-order valence-corrected chi connectivity index (χ3v) is 3.06. The van der Waals surface area contributed by atoms with Crippen molar-refractivity contribution in [3.05, 3.63) is 0 Å². The van der Waals surface area contributed by atoms with Gasteiger partial charge in [0.15, 0.2) is 0 Å². The van der Waals surface area contributed by atoms with Crippen LogP contribution in [0.5, 0.6) is 0 Å². The molecule has 3 nitrogen and oxygen atoms in total. The van der Waals surface area contributed by atoms with Gasteiger partial charge in [0.25, 0.3) is 5.92 Å². The minimum Gasteiger partial charge on any atom is -0.378 e. The van der Waals surface area contributed by atoms with Gasteiger partial charge in [0.1, 0.15) is 0 Å². The van der Waals surface area contributed by atoms with Crippen LogP contribution in [0.3, 0.4) is 0 Å². The minimum absolute atomic E-state index is 0.000573. The molecule has 0 spiro atoms. The van der Waals surface area contributed by atoms with Crippen LogP contribution in [-0.4, -0.2) is 56.3 Å². The smallest absolute Gasteiger partial charge is 0.250 e. The summed E-state index contributed by atoms with van der Waals surface area (Å²) in [7, 11) is 0. The van der Waals surface area contributed by atoms with Gasteiger partial charge < -0.3 is 15.0 Å². The number of rotatable bonds is 2. The van der Waals surface area contributed by atoms with Gasteiger partial charge in [-0.05, 0) is 0 Å². The zero-order chi connectivity index (χ0) is 10.7. The summed E-state index contributed by atoms with van der Waals surface area (Å²) in [5.74, 6) is -2.44. The molecule has 15 heavy (non-hydrogen) atoms. The molecular weight excluding hydrogens is 202 g/mol. The maximum Gasteiger partial charge on any atom is 0.250 e. The molecule has 1 unspecified atom stereocenters. The number of hydrogen-bond donors (Lipinski definition) is 1. The normalized spacial score (nSPS) is 32.8. The first-order valence-electron chi connectivity index (χ1n) is 5.57. The van der Waals surface area contributed by atoms with E-state index in [9.17, 15) is 8.78 Å². The Balaban J connectivity index is 1.71. The number of nitrogens with zero attached hydrogens (tertiary/aromatic N) is 1. The van der Waals surface area contributed by atoms with Crippen LogP contribution >= 0.6 is 0 Å². The van der Waals surface area contributed by atoms with Gasteiger partial charge in [-0.1, -0.05) is 0 Å². The summed E-state index contributed by atoms with van der Waals surface area (Å²) in [5.41, 5.74) is 0. The van der Waals surface area contributed by atoms with Crippen LogP contribution in [-0.2, 0) is 4.74 Å². The van der Waals surface area contributed by atoms with Crippen molar-refractivity contribution >= 4 is 0 Å². The van der Waals surface area contributed by atoms with Gasteiger partial charge in [0.05, 0.1) is 13.2 Å². The summed E-state index contributed by atoms with van der Waals surface area (Å²) < 4.78 is 31.1. The zero-order valence-electron chi connectivity index (χ0n) is 8.85. The van der Waals surface area contributed by atoms with E-state index in [0.717, 1.165) is 19.7 Å². The first kappa shape index (κ1) is 11.2. The second kappa shape index (κ2) is 4.72. The topological polar surface area (TPSA) is 24.5 Å². The highest BCUT2D eigenvalue weighted by Crippen LogP contribution is 2.27. The van der Waals surface area contributed by atoms with Gasteiger partial charge in [0.2, 0.25) is 0 Å². The Morgan fingerprint density at radius 3 is 2.67 bits per heavy atom. The lowest BCUT2D eigenvalue weighted by atomic mass is 10.1. The number of morpholine rings is 1. The van der Waals surface area contributed by atoms with E-state index in [0.29, 0.717) is 25.7 Å². The fourth-order valence-corrected chi connectivity index (χ4v) is 2.11. The maximum atomic E-state index is 12.9. The molecule has 2 rings (SSSR count). The number of hydrogen-bond acceptors (Lipinski definition) is 3. The first-order valence-corrected chi connectivity index (χ1v) is 5.57. The zero-order valence-corrected chi connectivity index (χ0v) is 8.85. The predicted molar refractivity (Wildman–Crippen MR) is 53.2 cm³/mol. The van der Waals surface area contributed by atoms with Crippen molar-refractivity contribution in [2.75, 3.05) is 39.4 Å². The summed E-state index contributed by atoms with van der Waals surface area (Å²) >= 11 is 0. The third-order valence-electron chi connectivity index (χ3n) is 3.06. The molecule has 0 amide bonds. The average molecular weight is 220 g/mol. The summed E-state index contributed by atoms with van der Waals surface area (Å²) in [5, 5.41) is 3.33. The molecule has 1 N–H and O–H groups in total. The second-order valence-corrected chi connectivity index (χ2v) is 4.38. The third kappa shape index (κ3) is 3.36. The number of piperidine rings is 1. The Morgan fingerprint density at radius 2 is 2.07 bits per heavy atom. The molecule has 0 aliphatic carbocycles. The van der Waals surface area contributed by atoms with E-state index in [2.05, 4.69) is 10.2 Å². The van der Waals surface area contributed by atoms with Crippen molar-refractivity contribution in [2.24, 2.45) is 0 Å². The molecule has 2 heterocycles. The van der Waals surface area contributed by atoms with E-state index in [1.807, 2.05) is 0 Å². The van der Waals surface area contributed by atoms with Crippen LogP contribution in [0.15, 0.2) is 0 Å². The van der Waals surface area contributed by atoms with Gasteiger partial charge in [-0.25, -0.2) is 8.78 Å². The Hall–Kier alpha value is -0.260. The summed E-state index contributed by atoms with van der Waals surface area (Å²) in [6.45, 7) is 4.17. The Morgan fingerprint density at radius 1 is 1.33 bits per heavy atom. The summed E-state index contributed by atoms with van der Waals surface area (Å²) in [6, 6.07) is 0.311. The van der Waals surface area contributed by atoms with E-state index in [-0.39, 0.29) is 12.8 Å². The Labute approximate surface area is 88.8 Å². The number of alkyl halides is 2. The van der Waals surface area contributed by atoms with Gasteiger partial charge in [-0.15, -0.1) is 0 Å². The fraction of sp³-hybridized carbons (Fsp3) is 1.00. The molecule has 2 aliphatic rings. The molecule has 0 radical (unpaired) electrons. The first-order chi connectivity index (χ1) is 7.16.